The minimum atomic E-state index is 0.818. The Morgan fingerprint density at radius 1 is 1.06 bits per heavy atom. The number of hydrogen-bond acceptors (Lipinski definition) is 2. The van der Waals surface area contributed by atoms with Crippen LogP contribution in [0.15, 0.2) is 42.6 Å². The van der Waals surface area contributed by atoms with Gasteiger partial charge in [0.1, 0.15) is 5.82 Å². The van der Waals surface area contributed by atoms with Crippen molar-refractivity contribution in [2.45, 2.75) is 20.3 Å². The summed E-state index contributed by atoms with van der Waals surface area (Å²) in [6, 6.07) is 12.4. The molecular formula is C15H15N3. The van der Waals surface area contributed by atoms with Crippen LogP contribution >= 0.6 is 0 Å². The maximum absolute atomic E-state index is 4.63. The van der Waals surface area contributed by atoms with Crippen molar-refractivity contribution in [2.24, 2.45) is 0 Å². The first-order chi connectivity index (χ1) is 8.75. The summed E-state index contributed by atoms with van der Waals surface area (Å²) in [6.07, 6.45) is 2.62. The fourth-order valence-electron chi connectivity index (χ4n) is 2.24. The highest BCUT2D eigenvalue weighted by Gasteiger charge is 2.09. The molecule has 90 valence electrons. The molecule has 3 heteroatoms. The molecule has 1 aromatic carbocycles. The van der Waals surface area contributed by atoms with Crippen molar-refractivity contribution in [1.82, 2.24) is 14.6 Å². The van der Waals surface area contributed by atoms with Crippen LogP contribution in [0.1, 0.15) is 22.6 Å². The van der Waals surface area contributed by atoms with Gasteiger partial charge in [-0.05, 0) is 37.1 Å². The Bertz CT molecular complexity index is 698. The number of aromatic nitrogens is 3. The van der Waals surface area contributed by atoms with Gasteiger partial charge in [-0.1, -0.05) is 24.3 Å². The van der Waals surface area contributed by atoms with Crippen LogP contribution < -0.4 is 0 Å². The molecule has 0 atom stereocenters. The van der Waals surface area contributed by atoms with E-state index in [4.69, 9.17) is 0 Å². The maximum atomic E-state index is 4.63. The monoisotopic (exact) mass is 237 g/mol. The number of benzene rings is 1. The van der Waals surface area contributed by atoms with Gasteiger partial charge >= 0.3 is 0 Å². The summed E-state index contributed by atoms with van der Waals surface area (Å²) in [5.74, 6) is 0.998. The van der Waals surface area contributed by atoms with Gasteiger partial charge in [0.05, 0.1) is 11.2 Å². The summed E-state index contributed by atoms with van der Waals surface area (Å²) in [5, 5.41) is 4.38. The lowest BCUT2D eigenvalue weighted by atomic mass is 10.1. The van der Waals surface area contributed by atoms with Crippen molar-refractivity contribution in [3.8, 4) is 0 Å². The molecule has 3 aromatic rings. The Balaban J connectivity index is 2.08. The summed E-state index contributed by atoms with van der Waals surface area (Å²) in [7, 11) is 0. The van der Waals surface area contributed by atoms with E-state index in [-0.39, 0.29) is 0 Å². The third kappa shape index (κ3) is 1.78. The Morgan fingerprint density at radius 2 is 1.89 bits per heavy atom. The molecule has 3 rings (SSSR count). The van der Waals surface area contributed by atoms with Gasteiger partial charge in [-0.3, -0.25) is 0 Å². The van der Waals surface area contributed by atoms with Crippen molar-refractivity contribution >= 4 is 5.52 Å². The van der Waals surface area contributed by atoms with Crippen LogP contribution in [0.4, 0.5) is 0 Å². The van der Waals surface area contributed by atoms with Crippen molar-refractivity contribution in [3.05, 3.63) is 65.2 Å². The van der Waals surface area contributed by atoms with Gasteiger partial charge in [0, 0.05) is 12.6 Å². The molecule has 0 fully saturated rings. The molecule has 0 radical (unpaired) electrons. The number of hydrogen-bond donors (Lipinski definition) is 0. The van der Waals surface area contributed by atoms with E-state index in [2.05, 4.69) is 47.3 Å². The van der Waals surface area contributed by atoms with Crippen LogP contribution in [0.2, 0.25) is 0 Å². The first-order valence-electron chi connectivity index (χ1n) is 6.09. The quantitative estimate of drug-likeness (QED) is 0.686. The first kappa shape index (κ1) is 11.0. The lowest BCUT2D eigenvalue weighted by Gasteiger charge is -2.04. The second kappa shape index (κ2) is 4.26. The van der Waals surface area contributed by atoms with E-state index < -0.39 is 0 Å². The molecule has 0 saturated carbocycles. The lowest BCUT2D eigenvalue weighted by Crippen LogP contribution is -2.00. The smallest absolute Gasteiger partial charge is 0.135 e. The zero-order valence-corrected chi connectivity index (χ0v) is 10.6. The second-order valence-corrected chi connectivity index (χ2v) is 4.54. The highest BCUT2D eigenvalue weighted by atomic mass is 15.3. The topological polar surface area (TPSA) is 30.2 Å². The summed E-state index contributed by atoms with van der Waals surface area (Å²) in [5.41, 5.74) is 4.71. The zero-order valence-electron chi connectivity index (χ0n) is 10.6. The van der Waals surface area contributed by atoms with Crippen molar-refractivity contribution in [1.29, 1.82) is 0 Å². The van der Waals surface area contributed by atoms with E-state index in [1.807, 2.05) is 17.5 Å². The van der Waals surface area contributed by atoms with Gasteiger partial charge in [-0.2, -0.15) is 5.10 Å². The molecule has 0 spiro atoms. The van der Waals surface area contributed by atoms with Gasteiger partial charge in [0.15, 0.2) is 0 Å². The van der Waals surface area contributed by atoms with Crippen LogP contribution in [0, 0.1) is 13.8 Å². The van der Waals surface area contributed by atoms with E-state index >= 15 is 0 Å². The van der Waals surface area contributed by atoms with E-state index in [1.54, 1.807) is 6.20 Å². The number of nitrogens with zero attached hydrogens (tertiary/aromatic N) is 3. The average Bonchev–Trinajstić information content (AvgIpc) is 2.70. The molecule has 0 aliphatic heterocycles. The lowest BCUT2D eigenvalue weighted by molar-refractivity contribution is 0.839. The van der Waals surface area contributed by atoms with Crippen molar-refractivity contribution in [2.75, 3.05) is 0 Å². The predicted molar refractivity (Wildman–Crippen MR) is 71.7 cm³/mol. The fraction of sp³-hybridized carbons (Fsp3) is 0.200. The maximum Gasteiger partial charge on any atom is 0.135 e. The Labute approximate surface area is 106 Å². The van der Waals surface area contributed by atoms with Crippen LogP contribution in [-0.4, -0.2) is 14.6 Å². The Kier molecular flexibility index (Phi) is 2.59. The Hall–Kier alpha value is -2.16. The minimum Gasteiger partial charge on any atom is -0.236 e. The SMILES string of the molecule is Cc1ccccc1Cc1nc(C)c2cccnn12. The second-order valence-electron chi connectivity index (χ2n) is 4.54. The zero-order chi connectivity index (χ0) is 12.5. The van der Waals surface area contributed by atoms with E-state index in [1.165, 1.54) is 11.1 Å². The highest BCUT2D eigenvalue weighted by molar-refractivity contribution is 5.51. The first-order valence-corrected chi connectivity index (χ1v) is 6.09. The molecule has 2 aromatic heterocycles. The Morgan fingerprint density at radius 3 is 2.72 bits per heavy atom. The summed E-state index contributed by atoms with van der Waals surface area (Å²) < 4.78 is 1.93. The van der Waals surface area contributed by atoms with Gasteiger partial charge < -0.3 is 0 Å². The summed E-state index contributed by atoms with van der Waals surface area (Å²) in [4.78, 5) is 4.63. The van der Waals surface area contributed by atoms with Gasteiger partial charge in [0.25, 0.3) is 0 Å². The standard InChI is InChI=1S/C15H15N3/c1-11-6-3-4-7-13(11)10-15-17-12(2)14-8-5-9-16-18(14)15/h3-9H,10H2,1-2H3. The molecule has 0 amide bonds. The van der Waals surface area contributed by atoms with Crippen LogP contribution in [0.3, 0.4) is 0 Å². The van der Waals surface area contributed by atoms with Crippen LogP contribution in [0.5, 0.6) is 0 Å². The van der Waals surface area contributed by atoms with Crippen molar-refractivity contribution < 1.29 is 0 Å². The van der Waals surface area contributed by atoms with Crippen LogP contribution in [0.25, 0.3) is 5.52 Å². The molecule has 0 aliphatic rings. The summed E-state index contributed by atoms with van der Waals surface area (Å²) in [6.45, 7) is 4.16. The number of aryl methyl sites for hydroxylation is 2. The molecule has 0 N–H and O–H groups in total. The molecule has 3 nitrogen and oxygen atoms in total. The molecule has 0 aliphatic carbocycles. The van der Waals surface area contributed by atoms with Gasteiger partial charge in [-0.25, -0.2) is 9.50 Å². The normalized spacial score (nSPS) is 11.0. The van der Waals surface area contributed by atoms with E-state index in [0.29, 0.717) is 0 Å². The molecule has 0 bridgehead atoms. The van der Waals surface area contributed by atoms with Crippen molar-refractivity contribution in [3.63, 3.8) is 0 Å². The minimum absolute atomic E-state index is 0.818. The number of imidazole rings is 1. The van der Waals surface area contributed by atoms with Crippen LogP contribution in [-0.2, 0) is 6.42 Å². The van der Waals surface area contributed by atoms with Gasteiger partial charge in [-0.15, -0.1) is 0 Å². The molecule has 18 heavy (non-hydrogen) atoms. The third-order valence-corrected chi connectivity index (χ3v) is 3.27. The number of rotatable bonds is 2. The molecule has 0 saturated heterocycles. The molecular weight excluding hydrogens is 222 g/mol. The fourth-order valence-corrected chi connectivity index (χ4v) is 2.24. The largest absolute Gasteiger partial charge is 0.236 e. The summed E-state index contributed by atoms with van der Waals surface area (Å²) >= 11 is 0. The highest BCUT2D eigenvalue weighted by Crippen LogP contribution is 2.16. The number of fused-ring (bicyclic) bond motifs is 1. The predicted octanol–water partition coefficient (Wildman–Crippen LogP) is 2.94. The van der Waals surface area contributed by atoms with E-state index in [9.17, 15) is 0 Å². The molecule has 0 unspecified atom stereocenters. The average molecular weight is 237 g/mol. The van der Waals surface area contributed by atoms with E-state index in [0.717, 1.165) is 23.5 Å². The molecule has 2 heterocycles. The third-order valence-electron chi connectivity index (χ3n) is 3.27. The van der Waals surface area contributed by atoms with Gasteiger partial charge in [0.2, 0.25) is 0 Å².